The fraction of sp³-hybridized carbons (Fsp3) is 0.867. The minimum atomic E-state index is -0.879. The molecule has 1 aliphatic rings. The van der Waals surface area contributed by atoms with Gasteiger partial charge in [0, 0.05) is 19.1 Å². The van der Waals surface area contributed by atoms with Crippen LogP contribution in [0.4, 0.5) is 4.79 Å². The molecule has 0 bridgehead atoms. The highest BCUT2D eigenvalue weighted by molar-refractivity contribution is 5.75. The second-order valence-electron chi connectivity index (χ2n) is 6.70. The Balaban J connectivity index is 2.47. The van der Waals surface area contributed by atoms with Crippen LogP contribution < -0.4 is 5.32 Å². The van der Waals surface area contributed by atoms with Gasteiger partial charge in [0.25, 0.3) is 0 Å². The number of nitrogens with one attached hydrogen (secondary N) is 1. The van der Waals surface area contributed by atoms with Gasteiger partial charge in [0.1, 0.15) is 0 Å². The largest absolute Gasteiger partial charge is 0.481 e. The summed E-state index contributed by atoms with van der Waals surface area (Å²) in [5.41, 5.74) is 0.137. The summed E-state index contributed by atoms with van der Waals surface area (Å²) in [7, 11) is 2.12. The molecule has 0 aromatic rings. The molecule has 0 unspecified atom stereocenters. The molecule has 0 spiro atoms. The van der Waals surface area contributed by atoms with E-state index in [1.54, 1.807) is 4.90 Å². The highest BCUT2D eigenvalue weighted by atomic mass is 16.4. The van der Waals surface area contributed by atoms with Crippen LogP contribution in [0.25, 0.3) is 0 Å². The summed E-state index contributed by atoms with van der Waals surface area (Å²) in [6.07, 6.45) is 2.12. The Labute approximate surface area is 127 Å². The number of carbonyl (C=O) groups excluding carboxylic acids is 1. The lowest BCUT2D eigenvalue weighted by Crippen LogP contribution is -2.49. The highest BCUT2D eigenvalue weighted by Gasteiger charge is 2.30. The first kappa shape index (κ1) is 17.8. The third kappa shape index (κ3) is 5.91. The fourth-order valence-electron chi connectivity index (χ4n) is 2.54. The first-order valence-electron chi connectivity index (χ1n) is 7.68. The molecule has 21 heavy (non-hydrogen) atoms. The molecule has 6 nitrogen and oxygen atoms in total. The molecule has 0 aromatic heterocycles. The third-order valence-electron chi connectivity index (χ3n) is 4.31. The van der Waals surface area contributed by atoms with Crippen LogP contribution in [-0.2, 0) is 4.79 Å². The number of hydrogen-bond donors (Lipinski definition) is 2. The Morgan fingerprint density at radius 3 is 2.38 bits per heavy atom. The van der Waals surface area contributed by atoms with Crippen molar-refractivity contribution in [1.29, 1.82) is 0 Å². The topological polar surface area (TPSA) is 72.9 Å². The van der Waals surface area contributed by atoms with Crippen molar-refractivity contribution in [3.63, 3.8) is 0 Å². The maximum Gasteiger partial charge on any atom is 0.317 e. The number of hydrogen-bond acceptors (Lipinski definition) is 3. The van der Waals surface area contributed by atoms with E-state index in [4.69, 9.17) is 5.11 Å². The summed E-state index contributed by atoms with van der Waals surface area (Å²) in [5, 5.41) is 11.8. The molecule has 0 aromatic carbocycles. The summed E-state index contributed by atoms with van der Waals surface area (Å²) in [6, 6.07) is -0.166. The molecule has 0 aliphatic carbocycles. The second kappa shape index (κ2) is 7.64. The van der Waals surface area contributed by atoms with Crippen molar-refractivity contribution in [3.8, 4) is 0 Å². The normalized spacial score (nSPS) is 18.5. The van der Waals surface area contributed by atoms with E-state index in [9.17, 15) is 9.59 Å². The lowest BCUT2D eigenvalue weighted by atomic mass is 9.80. The van der Waals surface area contributed by atoms with Crippen LogP contribution in [0.2, 0.25) is 0 Å². The summed E-state index contributed by atoms with van der Waals surface area (Å²) in [6.45, 7) is 9.02. The van der Waals surface area contributed by atoms with E-state index in [0.29, 0.717) is 6.54 Å². The molecule has 0 radical (unpaired) electrons. The van der Waals surface area contributed by atoms with Crippen molar-refractivity contribution < 1.29 is 14.7 Å². The number of amides is 2. The standard InChI is InChI=1S/C15H29N3O3/c1-12(2)18(8-5-13(19)20)14(21)16-11-15(3)6-9-17(4)10-7-15/h12H,5-11H2,1-4H3,(H,16,21)(H,19,20). The molecule has 1 rings (SSSR count). The van der Waals surface area contributed by atoms with Gasteiger partial charge in [-0.05, 0) is 52.2 Å². The van der Waals surface area contributed by atoms with Gasteiger partial charge < -0.3 is 20.2 Å². The van der Waals surface area contributed by atoms with Crippen molar-refractivity contribution >= 4 is 12.0 Å². The van der Waals surface area contributed by atoms with Crippen molar-refractivity contribution in [1.82, 2.24) is 15.1 Å². The molecule has 2 N–H and O–H groups in total. The van der Waals surface area contributed by atoms with Gasteiger partial charge in [-0.2, -0.15) is 0 Å². The summed E-state index contributed by atoms with van der Waals surface area (Å²) < 4.78 is 0. The Morgan fingerprint density at radius 2 is 1.90 bits per heavy atom. The van der Waals surface area contributed by atoms with Crippen LogP contribution in [0.3, 0.4) is 0 Å². The predicted molar refractivity (Wildman–Crippen MR) is 82.3 cm³/mol. The Kier molecular flexibility index (Phi) is 6.45. The summed E-state index contributed by atoms with van der Waals surface area (Å²) in [5.74, 6) is -0.879. The number of nitrogens with zero attached hydrogens (tertiary/aromatic N) is 2. The van der Waals surface area contributed by atoms with Gasteiger partial charge in [0.05, 0.1) is 6.42 Å². The monoisotopic (exact) mass is 299 g/mol. The van der Waals surface area contributed by atoms with E-state index in [2.05, 4.69) is 24.2 Å². The third-order valence-corrected chi connectivity index (χ3v) is 4.31. The van der Waals surface area contributed by atoms with Crippen LogP contribution in [0.5, 0.6) is 0 Å². The number of urea groups is 1. The van der Waals surface area contributed by atoms with E-state index in [0.717, 1.165) is 25.9 Å². The zero-order valence-corrected chi connectivity index (χ0v) is 13.7. The maximum absolute atomic E-state index is 12.3. The minimum Gasteiger partial charge on any atom is -0.481 e. The van der Waals surface area contributed by atoms with Crippen molar-refractivity contribution in [3.05, 3.63) is 0 Å². The zero-order chi connectivity index (χ0) is 16.0. The van der Waals surface area contributed by atoms with Gasteiger partial charge in [-0.1, -0.05) is 6.92 Å². The Morgan fingerprint density at radius 1 is 1.33 bits per heavy atom. The number of carboxylic acids is 1. The first-order valence-corrected chi connectivity index (χ1v) is 7.68. The SMILES string of the molecule is CC(C)N(CCC(=O)O)C(=O)NCC1(C)CCN(C)CC1. The van der Waals surface area contributed by atoms with E-state index < -0.39 is 5.97 Å². The minimum absolute atomic E-state index is 0.00496. The quantitative estimate of drug-likeness (QED) is 0.781. The number of piperidine rings is 1. The average Bonchev–Trinajstić information content (AvgIpc) is 2.40. The van der Waals surface area contributed by atoms with Crippen LogP contribution in [0.1, 0.15) is 40.0 Å². The van der Waals surface area contributed by atoms with E-state index >= 15 is 0 Å². The lowest BCUT2D eigenvalue weighted by Gasteiger charge is -2.38. The summed E-state index contributed by atoms with van der Waals surface area (Å²) >= 11 is 0. The van der Waals surface area contributed by atoms with Gasteiger partial charge in [0.15, 0.2) is 0 Å². The molecule has 0 saturated carbocycles. The fourth-order valence-corrected chi connectivity index (χ4v) is 2.54. The van der Waals surface area contributed by atoms with Crippen molar-refractivity contribution in [2.75, 3.05) is 33.2 Å². The van der Waals surface area contributed by atoms with Crippen LogP contribution in [-0.4, -0.2) is 66.2 Å². The second-order valence-corrected chi connectivity index (χ2v) is 6.70. The van der Waals surface area contributed by atoms with E-state index in [-0.39, 0.29) is 30.5 Å². The van der Waals surface area contributed by atoms with Crippen molar-refractivity contribution in [2.24, 2.45) is 5.41 Å². The number of aliphatic carboxylic acids is 1. The molecule has 2 amide bonds. The van der Waals surface area contributed by atoms with Crippen LogP contribution in [0.15, 0.2) is 0 Å². The average molecular weight is 299 g/mol. The smallest absolute Gasteiger partial charge is 0.317 e. The number of likely N-dealkylation sites (tertiary alicyclic amines) is 1. The number of rotatable bonds is 6. The van der Waals surface area contributed by atoms with Gasteiger partial charge in [0.2, 0.25) is 0 Å². The number of carbonyl (C=O) groups is 2. The molecule has 0 atom stereocenters. The summed E-state index contributed by atoms with van der Waals surface area (Å²) in [4.78, 5) is 26.8. The molecular weight excluding hydrogens is 270 g/mol. The molecular formula is C15H29N3O3. The Hall–Kier alpha value is -1.30. The van der Waals surface area contributed by atoms with Gasteiger partial charge in [-0.25, -0.2) is 4.79 Å². The zero-order valence-electron chi connectivity index (χ0n) is 13.7. The first-order chi connectivity index (χ1) is 9.73. The molecule has 122 valence electrons. The predicted octanol–water partition coefficient (Wildman–Crippen LogP) is 1.61. The maximum atomic E-state index is 12.3. The van der Waals surface area contributed by atoms with E-state index in [1.807, 2.05) is 13.8 Å². The van der Waals surface area contributed by atoms with Crippen LogP contribution in [0, 0.1) is 5.41 Å². The molecule has 1 aliphatic heterocycles. The molecule has 6 heteroatoms. The molecule has 1 fully saturated rings. The van der Waals surface area contributed by atoms with Gasteiger partial charge in [-0.15, -0.1) is 0 Å². The molecule has 1 saturated heterocycles. The van der Waals surface area contributed by atoms with E-state index in [1.165, 1.54) is 0 Å². The van der Waals surface area contributed by atoms with Crippen LogP contribution >= 0.6 is 0 Å². The number of carboxylic acid groups (broad SMARTS) is 1. The van der Waals surface area contributed by atoms with Gasteiger partial charge in [-0.3, -0.25) is 4.79 Å². The molecule has 1 heterocycles. The van der Waals surface area contributed by atoms with Gasteiger partial charge >= 0.3 is 12.0 Å². The lowest BCUT2D eigenvalue weighted by molar-refractivity contribution is -0.137. The highest BCUT2D eigenvalue weighted by Crippen LogP contribution is 2.29. The Bertz CT molecular complexity index is 363. The van der Waals surface area contributed by atoms with Crippen molar-refractivity contribution in [2.45, 2.75) is 46.1 Å².